The van der Waals surface area contributed by atoms with Crippen LogP contribution in [0.4, 0.5) is 4.39 Å². The molecular formula is C23H22ClFN4O. The summed E-state index contributed by atoms with van der Waals surface area (Å²) >= 11 is 0. The minimum Gasteiger partial charge on any atom is -0.487 e. The van der Waals surface area contributed by atoms with E-state index in [1.165, 1.54) is 6.07 Å². The quantitative estimate of drug-likeness (QED) is 0.489. The van der Waals surface area contributed by atoms with Crippen molar-refractivity contribution in [3.8, 4) is 28.1 Å². The largest absolute Gasteiger partial charge is 0.487 e. The van der Waals surface area contributed by atoms with Gasteiger partial charge in [0.2, 0.25) is 0 Å². The van der Waals surface area contributed by atoms with Crippen molar-refractivity contribution < 1.29 is 9.13 Å². The summed E-state index contributed by atoms with van der Waals surface area (Å²) < 4.78 is 21.1. The van der Waals surface area contributed by atoms with Crippen LogP contribution < -0.4 is 10.1 Å². The molecule has 2 N–H and O–H groups in total. The number of hydrogen-bond donors (Lipinski definition) is 2. The van der Waals surface area contributed by atoms with Crippen LogP contribution in [0.3, 0.4) is 0 Å². The zero-order valence-electron chi connectivity index (χ0n) is 16.5. The number of aromatic amines is 1. The molecule has 3 aromatic heterocycles. The average Bonchev–Trinajstić information content (AvgIpc) is 3.38. The Labute approximate surface area is 180 Å². The first-order chi connectivity index (χ1) is 14.2. The monoisotopic (exact) mass is 424 g/mol. The Kier molecular flexibility index (Phi) is 5.70. The van der Waals surface area contributed by atoms with Gasteiger partial charge in [-0.15, -0.1) is 12.4 Å². The maximum atomic E-state index is 14.9. The number of nitrogens with zero attached hydrogens (tertiary/aromatic N) is 2. The van der Waals surface area contributed by atoms with E-state index in [9.17, 15) is 4.39 Å². The van der Waals surface area contributed by atoms with Crippen LogP contribution in [0.15, 0.2) is 55.0 Å². The number of rotatable bonds is 4. The van der Waals surface area contributed by atoms with Gasteiger partial charge in [0.15, 0.2) is 0 Å². The molecule has 7 heteroatoms. The normalized spacial score (nSPS) is 15.9. The molecule has 0 saturated carbocycles. The summed E-state index contributed by atoms with van der Waals surface area (Å²) in [6.45, 7) is 3.71. The number of halogens is 2. The summed E-state index contributed by atoms with van der Waals surface area (Å²) in [6.07, 6.45) is 6.22. The van der Waals surface area contributed by atoms with E-state index < -0.39 is 0 Å². The Balaban J connectivity index is 0.00000218. The van der Waals surface area contributed by atoms with E-state index in [1.54, 1.807) is 24.7 Å². The fourth-order valence-electron chi connectivity index (χ4n) is 3.90. The van der Waals surface area contributed by atoms with Crippen molar-refractivity contribution in [1.82, 2.24) is 20.3 Å². The number of nitrogens with one attached hydrogen (secondary N) is 2. The second-order valence-corrected chi connectivity index (χ2v) is 7.36. The van der Waals surface area contributed by atoms with Gasteiger partial charge < -0.3 is 15.0 Å². The van der Waals surface area contributed by atoms with Gasteiger partial charge in [0.1, 0.15) is 17.7 Å². The lowest BCUT2D eigenvalue weighted by Crippen LogP contribution is -2.20. The van der Waals surface area contributed by atoms with E-state index >= 15 is 0 Å². The fraction of sp³-hybridized carbons (Fsp3) is 0.217. The third-order valence-electron chi connectivity index (χ3n) is 5.31. The number of hydrogen-bond acceptors (Lipinski definition) is 4. The second kappa shape index (κ2) is 8.42. The predicted molar refractivity (Wildman–Crippen MR) is 119 cm³/mol. The van der Waals surface area contributed by atoms with Crippen molar-refractivity contribution in [3.05, 3.63) is 66.4 Å². The van der Waals surface area contributed by atoms with Crippen molar-refractivity contribution in [1.29, 1.82) is 0 Å². The van der Waals surface area contributed by atoms with Gasteiger partial charge in [-0.1, -0.05) is 11.6 Å². The summed E-state index contributed by atoms with van der Waals surface area (Å²) in [5, 5.41) is 3.31. The topological polar surface area (TPSA) is 62.8 Å². The summed E-state index contributed by atoms with van der Waals surface area (Å²) in [7, 11) is 0. The van der Waals surface area contributed by atoms with Gasteiger partial charge in [-0.25, -0.2) is 4.39 Å². The maximum Gasteiger partial charge on any atom is 0.147 e. The number of benzene rings is 1. The summed E-state index contributed by atoms with van der Waals surface area (Å²) in [5.41, 5.74) is 5.46. The van der Waals surface area contributed by atoms with E-state index in [0.717, 1.165) is 52.9 Å². The van der Waals surface area contributed by atoms with Crippen molar-refractivity contribution in [2.75, 3.05) is 13.1 Å². The van der Waals surface area contributed by atoms with E-state index in [-0.39, 0.29) is 24.3 Å². The number of ether oxygens (including phenoxy) is 1. The number of fused-ring (bicyclic) bond motifs is 1. The lowest BCUT2D eigenvalue weighted by Gasteiger charge is -2.16. The Hall–Kier alpha value is -2.96. The smallest absolute Gasteiger partial charge is 0.147 e. The lowest BCUT2D eigenvalue weighted by molar-refractivity contribution is 0.223. The molecule has 1 aliphatic rings. The molecule has 0 spiro atoms. The van der Waals surface area contributed by atoms with Gasteiger partial charge in [0, 0.05) is 35.6 Å². The Morgan fingerprint density at radius 2 is 2.03 bits per heavy atom. The first-order valence-electron chi connectivity index (χ1n) is 9.75. The van der Waals surface area contributed by atoms with Gasteiger partial charge in [-0.2, -0.15) is 0 Å². The Bertz CT molecular complexity index is 1190. The van der Waals surface area contributed by atoms with E-state index in [4.69, 9.17) is 4.74 Å². The highest BCUT2D eigenvalue weighted by Gasteiger charge is 2.23. The van der Waals surface area contributed by atoms with Crippen molar-refractivity contribution in [2.45, 2.75) is 19.4 Å². The van der Waals surface area contributed by atoms with Crippen LogP contribution in [0.1, 0.15) is 12.0 Å². The molecule has 1 atom stereocenters. The number of H-pyrrole nitrogens is 1. The van der Waals surface area contributed by atoms with Gasteiger partial charge in [-0.3, -0.25) is 9.97 Å². The zero-order valence-corrected chi connectivity index (χ0v) is 17.3. The molecular weight excluding hydrogens is 403 g/mol. The molecule has 1 fully saturated rings. The van der Waals surface area contributed by atoms with Crippen molar-refractivity contribution in [2.24, 2.45) is 0 Å². The molecule has 0 amide bonds. The molecule has 4 heterocycles. The number of pyridine rings is 2. The number of aromatic nitrogens is 3. The van der Waals surface area contributed by atoms with Crippen LogP contribution in [-0.4, -0.2) is 34.1 Å². The van der Waals surface area contributed by atoms with Crippen LogP contribution >= 0.6 is 12.4 Å². The second-order valence-electron chi connectivity index (χ2n) is 7.36. The Morgan fingerprint density at radius 3 is 2.87 bits per heavy atom. The van der Waals surface area contributed by atoms with E-state index in [2.05, 4.69) is 20.3 Å². The zero-order chi connectivity index (χ0) is 19.8. The van der Waals surface area contributed by atoms with Crippen LogP contribution in [0.25, 0.3) is 33.4 Å². The highest BCUT2D eigenvalue weighted by molar-refractivity contribution is 6.02. The SMILES string of the molecule is Cc1ccc(F)c(-c2c(-c3ccncc3OC3CCNC3)[nH]c3cccnc23)c1.Cl. The molecule has 4 aromatic rings. The highest BCUT2D eigenvalue weighted by Crippen LogP contribution is 2.41. The first kappa shape index (κ1) is 20.3. The van der Waals surface area contributed by atoms with Gasteiger partial charge in [0.05, 0.1) is 22.9 Å². The average molecular weight is 425 g/mol. The molecule has 30 heavy (non-hydrogen) atoms. The van der Waals surface area contributed by atoms with Crippen LogP contribution in [0.2, 0.25) is 0 Å². The van der Waals surface area contributed by atoms with Gasteiger partial charge >= 0.3 is 0 Å². The van der Waals surface area contributed by atoms with Crippen LogP contribution in [0.5, 0.6) is 5.75 Å². The lowest BCUT2D eigenvalue weighted by atomic mass is 9.98. The fourth-order valence-corrected chi connectivity index (χ4v) is 3.90. The minimum atomic E-state index is -0.278. The van der Waals surface area contributed by atoms with Gasteiger partial charge in [-0.05, 0) is 50.2 Å². The summed E-state index contributed by atoms with van der Waals surface area (Å²) in [6, 6.07) is 10.9. The van der Waals surface area contributed by atoms with E-state index in [1.807, 2.05) is 31.2 Å². The Morgan fingerprint density at radius 1 is 1.13 bits per heavy atom. The molecule has 1 unspecified atom stereocenters. The highest BCUT2D eigenvalue weighted by atomic mass is 35.5. The molecule has 1 aromatic carbocycles. The molecule has 0 bridgehead atoms. The van der Waals surface area contributed by atoms with Crippen molar-refractivity contribution >= 4 is 23.4 Å². The van der Waals surface area contributed by atoms with Gasteiger partial charge in [0.25, 0.3) is 0 Å². The molecule has 5 nitrogen and oxygen atoms in total. The summed E-state index contributed by atoms with van der Waals surface area (Å²) in [4.78, 5) is 12.2. The van der Waals surface area contributed by atoms with Crippen LogP contribution in [0, 0.1) is 12.7 Å². The van der Waals surface area contributed by atoms with E-state index in [0.29, 0.717) is 11.3 Å². The molecule has 5 rings (SSSR count). The first-order valence-corrected chi connectivity index (χ1v) is 9.75. The third kappa shape index (κ3) is 3.64. The molecule has 0 radical (unpaired) electrons. The maximum absolute atomic E-state index is 14.9. The standard InChI is InChI=1S/C23H21FN4O.ClH/c1-14-4-5-18(24)17(11-14)21-22(28-19-3-2-8-27-23(19)21)16-7-10-26-13-20(16)29-15-6-9-25-12-15;/h2-5,7-8,10-11,13,15,25,28H,6,9,12H2,1H3;1H. The van der Waals surface area contributed by atoms with Crippen LogP contribution in [-0.2, 0) is 0 Å². The summed E-state index contributed by atoms with van der Waals surface area (Å²) in [5.74, 6) is 0.405. The van der Waals surface area contributed by atoms with Crippen molar-refractivity contribution in [3.63, 3.8) is 0 Å². The molecule has 1 aliphatic heterocycles. The minimum absolute atomic E-state index is 0. The predicted octanol–water partition coefficient (Wildman–Crippen LogP) is 4.90. The molecule has 0 aliphatic carbocycles. The number of aryl methyl sites for hydroxylation is 1. The third-order valence-corrected chi connectivity index (χ3v) is 5.31. The molecule has 154 valence electrons. The molecule has 1 saturated heterocycles.